The van der Waals surface area contributed by atoms with E-state index in [9.17, 15) is 4.79 Å². The number of aliphatic imine (C=N–C) groups is 1. The van der Waals surface area contributed by atoms with E-state index < -0.39 is 0 Å². The third-order valence-corrected chi connectivity index (χ3v) is 5.82. The van der Waals surface area contributed by atoms with E-state index in [0.29, 0.717) is 24.9 Å². The zero-order valence-electron chi connectivity index (χ0n) is 16.1. The van der Waals surface area contributed by atoms with Gasteiger partial charge in [0.1, 0.15) is 6.26 Å². The minimum atomic E-state index is -0.332. The van der Waals surface area contributed by atoms with Gasteiger partial charge < -0.3 is 20.0 Å². The molecule has 2 heterocycles. The van der Waals surface area contributed by atoms with Crippen LogP contribution < -0.4 is 10.6 Å². The second kappa shape index (κ2) is 8.56. The highest BCUT2D eigenvalue weighted by molar-refractivity contribution is 7.13. The van der Waals surface area contributed by atoms with Crippen molar-refractivity contribution in [2.45, 2.75) is 32.2 Å². The first-order valence-corrected chi connectivity index (χ1v) is 10.1. The van der Waals surface area contributed by atoms with E-state index in [4.69, 9.17) is 4.42 Å². The van der Waals surface area contributed by atoms with Gasteiger partial charge >= 0.3 is 0 Å². The van der Waals surface area contributed by atoms with E-state index in [-0.39, 0.29) is 11.3 Å². The maximum absolute atomic E-state index is 12.7. The number of carbonyl (C=O) groups excluding carboxylic acids is 1. The van der Waals surface area contributed by atoms with Crippen LogP contribution in [-0.2, 0) is 11.3 Å². The Balaban J connectivity index is 1.56. The smallest absolute Gasteiger partial charge is 0.236 e. The molecule has 1 saturated carbocycles. The van der Waals surface area contributed by atoms with Crippen LogP contribution in [0.4, 0.5) is 0 Å². The van der Waals surface area contributed by atoms with Gasteiger partial charge in [0.05, 0.1) is 22.5 Å². The molecule has 2 aromatic rings. The molecule has 146 valence electrons. The third kappa shape index (κ3) is 4.50. The van der Waals surface area contributed by atoms with Gasteiger partial charge in [-0.15, -0.1) is 11.3 Å². The number of guanidine groups is 1. The minimum absolute atomic E-state index is 0.194. The monoisotopic (exact) mass is 389 g/mol. The Bertz CT molecular complexity index is 776. The molecule has 8 heteroatoms. The Kier molecular flexibility index (Phi) is 6.15. The zero-order chi connectivity index (χ0) is 19.3. The molecule has 0 saturated heterocycles. The summed E-state index contributed by atoms with van der Waals surface area (Å²) in [5, 5.41) is 8.57. The number of amides is 1. The molecule has 0 atom stereocenters. The lowest BCUT2D eigenvalue weighted by molar-refractivity contribution is -0.138. The number of aromatic nitrogens is 1. The minimum Gasteiger partial charge on any atom is -0.443 e. The number of nitrogens with zero attached hydrogens (tertiary/aromatic N) is 3. The zero-order valence-corrected chi connectivity index (χ0v) is 16.9. The standard InChI is InChI=1S/C19H27N5O2S/c1-20-18(22-13-19(8-4-5-9-19)17(25)24(2)3)21-11-14-12-26-16(23-14)15-7-6-10-27-15/h6-7,10,12H,4-5,8-9,11,13H2,1-3H3,(H2,20,21,22). The summed E-state index contributed by atoms with van der Waals surface area (Å²) in [6.07, 6.45) is 5.68. The molecule has 0 spiro atoms. The average Bonchev–Trinajstić information content (AvgIpc) is 3.42. The van der Waals surface area contributed by atoms with Crippen molar-refractivity contribution >= 4 is 23.2 Å². The molecule has 0 aromatic carbocycles. The summed E-state index contributed by atoms with van der Waals surface area (Å²) in [7, 11) is 5.38. The van der Waals surface area contributed by atoms with Crippen LogP contribution in [0, 0.1) is 5.41 Å². The van der Waals surface area contributed by atoms with Gasteiger partial charge in [0.2, 0.25) is 11.8 Å². The van der Waals surface area contributed by atoms with Crippen molar-refractivity contribution in [2.24, 2.45) is 10.4 Å². The summed E-state index contributed by atoms with van der Waals surface area (Å²) in [4.78, 5) is 24.1. The molecular weight excluding hydrogens is 362 g/mol. The van der Waals surface area contributed by atoms with Crippen molar-refractivity contribution < 1.29 is 9.21 Å². The third-order valence-electron chi connectivity index (χ3n) is 4.96. The first-order valence-electron chi connectivity index (χ1n) is 9.19. The van der Waals surface area contributed by atoms with E-state index in [1.165, 1.54) is 0 Å². The first kappa shape index (κ1) is 19.4. The maximum Gasteiger partial charge on any atom is 0.236 e. The van der Waals surface area contributed by atoms with Crippen molar-refractivity contribution in [3.63, 3.8) is 0 Å². The fourth-order valence-corrected chi connectivity index (χ4v) is 4.20. The van der Waals surface area contributed by atoms with E-state index in [2.05, 4.69) is 20.6 Å². The molecule has 0 unspecified atom stereocenters. The Morgan fingerprint density at radius 1 is 1.37 bits per heavy atom. The molecule has 1 aliphatic rings. The van der Waals surface area contributed by atoms with Gasteiger partial charge in [-0.25, -0.2) is 4.98 Å². The van der Waals surface area contributed by atoms with Crippen LogP contribution in [0.15, 0.2) is 33.2 Å². The largest absolute Gasteiger partial charge is 0.443 e. The van der Waals surface area contributed by atoms with Crippen LogP contribution >= 0.6 is 11.3 Å². The Morgan fingerprint density at radius 2 is 2.15 bits per heavy atom. The fourth-order valence-electron chi connectivity index (χ4n) is 3.54. The second-order valence-corrected chi connectivity index (χ2v) is 8.04. The Morgan fingerprint density at radius 3 is 2.78 bits per heavy atom. The van der Waals surface area contributed by atoms with Crippen molar-refractivity contribution in [2.75, 3.05) is 27.7 Å². The molecule has 1 aliphatic carbocycles. The molecule has 3 rings (SSSR count). The molecule has 1 fully saturated rings. The van der Waals surface area contributed by atoms with Gasteiger partial charge in [-0.3, -0.25) is 9.79 Å². The summed E-state index contributed by atoms with van der Waals surface area (Å²) >= 11 is 1.60. The molecule has 2 N–H and O–H groups in total. The highest BCUT2D eigenvalue weighted by Gasteiger charge is 2.42. The van der Waals surface area contributed by atoms with Crippen molar-refractivity contribution in [3.8, 4) is 10.8 Å². The number of thiophene rings is 1. The maximum atomic E-state index is 12.7. The van der Waals surface area contributed by atoms with Gasteiger partial charge in [0.25, 0.3) is 0 Å². The quantitative estimate of drug-likeness (QED) is 0.586. The summed E-state index contributed by atoms with van der Waals surface area (Å²) in [6, 6.07) is 3.96. The predicted octanol–water partition coefficient (Wildman–Crippen LogP) is 2.72. The van der Waals surface area contributed by atoms with Gasteiger partial charge in [0, 0.05) is 27.7 Å². The number of hydrogen-bond donors (Lipinski definition) is 2. The summed E-state index contributed by atoms with van der Waals surface area (Å²) in [6.45, 7) is 1.09. The molecular formula is C19H27N5O2S. The lowest BCUT2D eigenvalue weighted by Crippen LogP contribution is -2.49. The van der Waals surface area contributed by atoms with Gasteiger partial charge in [-0.2, -0.15) is 0 Å². The molecule has 0 radical (unpaired) electrons. The van der Waals surface area contributed by atoms with Crippen LogP contribution in [0.5, 0.6) is 0 Å². The van der Waals surface area contributed by atoms with Crippen molar-refractivity contribution in [1.82, 2.24) is 20.5 Å². The van der Waals surface area contributed by atoms with Crippen LogP contribution in [0.2, 0.25) is 0 Å². The SMILES string of the molecule is CN=C(NCc1coc(-c2cccs2)n1)NCC1(C(=O)N(C)C)CCCC1. The highest BCUT2D eigenvalue weighted by Crippen LogP contribution is 2.38. The lowest BCUT2D eigenvalue weighted by Gasteiger charge is -2.31. The fraction of sp³-hybridized carbons (Fsp3) is 0.526. The van der Waals surface area contributed by atoms with Crippen LogP contribution in [0.25, 0.3) is 10.8 Å². The topological polar surface area (TPSA) is 82.8 Å². The van der Waals surface area contributed by atoms with Crippen molar-refractivity contribution in [1.29, 1.82) is 0 Å². The number of carbonyl (C=O) groups is 1. The molecule has 0 aliphatic heterocycles. The Hall–Kier alpha value is -2.35. The number of nitrogens with one attached hydrogen (secondary N) is 2. The first-order chi connectivity index (χ1) is 13.0. The van der Waals surface area contributed by atoms with Crippen molar-refractivity contribution in [3.05, 3.63) is 29.5 Å². The Labute approximate surface area is 163 Å². The van der Waals surface area contributed by atoms with Gasteiger partial charge in [-0.1, -0.05) is 18.9 Å². The summed E-state index contributed by atoms with van der Waals surface area (Å²) in [5.41, 5.74) is 0.475. The normalized spacial score (nSPS) is 16.3. The van der Waals surface area contributed by atoms with Gasteiger partial charge in [0.15, 0.2) is 5.96 Å². The summed E-state index contributed by atoms with van der Waals surface area (Å²) < 4.78 is 5.54. The lowest BCUT2D eigenvalue weighted by atomic mass is 9.84. The molecule has 27 heavy (non-hydrogen) atoms. The number of rotatable bonds is 6. The average molecular weight is 390 g/mol. The molecule has 7 nitrogen and oxygen atoms in total. The molecule has 1 amide bonds. The summed E-state index contributed by atoms with van der Waals surface area (Å²) in [5.74, 6) is 1.49. The predicted molar refractivity (Wildman–Crippen MR) is 108 cm³/mol. The number of hydrogen-bond acceptors (Lipinski definition) is 5. The van der Waals surface area contributed by atoms with Crippen LogP contribution in [0.3, 0.4) is 0 Å². The van der Waals surface area contributed by atoms with E-state index in [1.54, 1.807) is 29.5 Å². The number of oxazole rings is 1. The second-order valence-electron chi connectivity index (χ2n) is 7.09. The van der Waals surface area contributed by atoms with Gasteiger partial charge in [-0.05, 0) is 24.3 Å². The molecule has 2 aromatic heterocycles. The van der Waals surface area contributed by atoms with Crippen LogP contribution in [0.1, 0.15) is 31.4 Å². The molecule has 0 bridgehead atoms. The van der Waals surface area contributed by atoms with Crippen LogP contribution in [-0.4, -0.2) is 49.4 Å². The van der Waals surface area contributed by atoms with E-state index >= 15 is 0 Å². The highest BCUT2D eigenvalue weighted by atomic mass is 32.1. The van der Waals surface area contributed by atoms with E-state index in [1.807, 2.05) is 31.6 Å². The van der Waals surface area contributed by atoms with E-state index in [0.717, 1.165) is 36.3 Å².